The number of fused-ring (bicyclic) bond motifs is 1. The van der Waals surface area contributed by atoms with Gasteiger partial charge in [-0.25, -0.2) is 9.37 Å². The molecule has 0 radical (unpaired) electrons. The molecular formula is C27H22ClFN4O. The molecular weight excluding hydrogens is 451 g/mol. The van der Waals surface area contributed by atoms with Crippen molar-refractivity contribution >= 4 is 28.2 Å². The fraction of sp³-hybridized carbons (Fsp3) is 0.111. The van der Waals surface area contributed by atoms with E-state index in [2.05, 4.69) is 32.0 Å². The van der Waals surface area contributed by atoms with Gasteiger partial charge in [-0.2, -0.15) is 0 Å². The van der Waals surface area contributed by atoms with Crippen molar-refractivity contribution in [2.45, 2.75) is 19.5 Å². The number of anilines is 1. The molecule has 1 atom stereocenters. The van der Waals surface area contributed by atoms with Crippen LogP contribution in [0.25, 0.3) is 22.2 Å². The Balaban J connectivity index is 1.41. The molecule has 5 nitrogen and oxygen atoms in total. The van der Waals surface area contributed by atoms with Crippen molar-refractivity contribution < 1.29 is 4.39 Å². The molecule has 2 heterocycles. The van der Waals surface area contributed by atoms with E-state index in [9.17, 15) is 9.18 Å². The quantitative estimate of drug-likeness (QED) is 0.300. The number of hydrogen-bond donors (Lipinski definition) is 2. The second-order valence-electron chi connectivity index (χ2n) is 8.25. The maximum absolute atomic E-state index is 13.8. The summed E-state index contributed by atoms with van der Waals surface area (Å²) in [4.78, 5) is 19.8. The lowest BCUT2D eigenvalue weighted by Gasteiger charge is -2.17. The molecule has 2 N–H and O–H groups in total. The van der Waals surface area contributed by atoms with Gasteiger partial charge in [0.1, 0.15) is 5.82 Å². The van der Waals surface area contributed by atoms with Crippen LogP contribution in [0.15, 0.2) is 90.1 Å². The maximum atomic E-state index is 13.8. The van der Waals surface area contributed by atoms with Crippen LogP contribution in [0.3, 0.4) is 0 Å². The Morgan fingerprint density at radius 2 is 1.91 bits per heavy atom. The largest absolute Gasteiger partial charge is 0.378 e. The van der Waals surface area contributed by atoms with Gasteiger partial charge in [0.05, 0.1) is 34.8 Å². The molecule has 0 saturated heterocycles. The van der Waals surface area contributed by atoms with E-state index in [1.54, 1.807) is 6.07 Å². The Morgan fingerprint density at radius 3 is 2.74 bits per heavy atom. The first kappa shape index (κ1) is 21.9. The first-order valence-corrected chi connectivity index (χ1v) is 11.3. The molecule has 0 amide bonds. The van der Waals surface area contributed by atoms with E-state index in [1.807, 2.05) is 61.9 Å². The number of imidazole rings is 1. The topological polar surface area (TPSA) is 62.7 Å². The molecule has 5 rings (SSSR count). The van der Waals surface area contributed by atoms with Crippen molar-refractivity contribution in [1.29, 1.82) is 0 Å². The van der Waals surface area contributed by atoms with E-state index < -0.39 is 5.82 Å². The van der Waals surface area contributed by atoms with E-state index >= 15 is 0 Å². The van der Waals surface area contributed by atoms with Gasteiger partial charge in [0.15, 0.2) is 0 Å². The number of nitrogens with one attached hydrogen (secondary N) is 2. The predicted molar refractivity (Wildman–Crippen MR) is 135 cm³/mol. The fourth-order valence-electron chi connectivity index (χ4n) is 4.10. The number of nitrogens with zero attached hydrogens (tertiary/aromatic N) is 2. The average molecular weight is 473 g/mol. The number of aromatic amines is 1. The standard InChI is InChI=1S/C27H22ClFN4O/c1-17(22-11-20-12-23(28)24(29)13-25(20)32-27(22)34)31-21-9-5-8-19(10-21)26-14-30-16-33(26)15-18-6-3-2-4-7-18/h2-14,16-17,31H,15H2,1H3,(H,32,34). The monoisotopic (exact) mass is 472 g/mol. The number of H-pyrrole nitrogens is 1. The van der Waals surface area contributed by atoms with Crippen LogP contribution in [0.2, 0.25) is 5.02 Å². The molecule has 0 aliphatic heterocycles. The van der Waals surface area contributed by atoms with Crippen LogP contribution in [-0.2, 0) is 6.54 Å². The molecule has 0 aliphatic rings. The van der Waals surface area contributed by atoms with Crippen LogP contribution in [0, 0.1) is 5.82 Å². The summed E-state index contributed by atoms with van der Waals surface area (Å²) >= 11 is 5.93. The molecule has 0 bridgehead atoms. The van der Waals surface area contributed by atoms with Crippen LogP contribution in [0.5, 0.6) is 0 Å². The summed E-state index contributed by atoms with van der Waals surface area (Å²) in [6.45, 7) is 2.63. The minimum absolute atomic E-state index is 0.0194. The van der Waals surface area contributed by atoms with Crippen molar-refractivity contribution in [2.24, 2.45) is 0 Å². The van der Waals surface area contributed by atoms with Gasteiger partial charge in [-0.3, -0.25) is 4.79 Å². The molecule has 0 spiro atoms. The van der Waals surface area contributed by atoms with Crippen molar-refractivity contribution in [3.63, 3.8) is 0 Å². The van der Waals surface area contributed by atoms with Gasteiger partial charge in [-0.05, 0) is 42.8 Å². The molecule has 0 aliphatic carbocycles. The van der Waals surface area contributed by atoms with E-state index in [-0.39, 0.29) is 16.6 Å². The van der Waals surface area contributed by atoms with Crippen LogP contribution < -0.4 is 10.9 Å². The highest BCUT2D eigenvalue weighted by Gasteiger charge is 2.14. The molecule has 5 aromatic rings. The van der Waals surface area contributed by atoms with Crippen molar-refractivity contribution in [2.75, 3.05) is 5.32 Å². The maximum Gasteiger partial charge on any atom is 0.253 e. The lowest BCUT2D eigenvalue weighted by Crippen LogP contribution is -2.19. The predicted octanol–water partition coefficient (Wildman–Crippen LogP) is 6.41. The first-order chi connectivity index (χ1) is 16.5. The number of hydrogen-bond acceptors (Lipinski definition) is 3. The van der Waals surface area contributed by atoms with Crippen LogP contribution >= 0.6 is 11.6 Å². The summed E-state index contributed by atoms with van der Waals surface area (Å²) in [5.74, 6) is -0.563. The van der Waals surface area contributed by atoms with Gasteiger partial charge >= 0.3 is 0 Å². The van der Waals surface area contributed by atoms with Crippen LogP contribution in [0.4, 0.5) is 10.1 Å². The highest BCUT2D eigenvalue weighted by molar-refractivity contribution is 6.31. The zero-order valence-corrected chi connectivity index (χ0v) is 19.2. The van der Waals surface area contributed by atoms with Gasteiger partial charge in [-0.1, -0.05) is 54.1 Å². The molecule has 0 fully saturated rings. The van der Waals surface area contributed by atoms with Gasteiger partial charge in [0.2, 0.25) is 0 Å². The smallest absolute Gasteiger partial charge is 0.253 e. The Labute approximate surface area is 200 Å². The highest BCUT2D eigenvalue weighted by Crippen LogP contribution is 2.27. The summed E-state index contributed by atoms with van der Waals surface area (Å²) in [6.07, 6.45) is 3.68. The molecule has 34 heavy (non-hydrogen) atoms. The SMILES string of the molecule is CC(Nc1cccc(-c2cncn2Cc2ccccc2)c1)c1cc2cc(Cl)c(F)cc2[nH]c1=O. The number of aromatic nitrogens is 3. The average Bonchev–Trinajstić information content (AvgIpc) is 3.29. The lowest BCUT2D eigenvalue weighted by atomic mass is 10.1. The molecule has 1 unspecified atom stereocenters. The van der Waals surface area contributed by atoms with Crippen LogP contribution in [-0.4, -0.2) is 14.5 Å². The summed E-state index contributed by atoms with van der Waals surface area (Å²) in [5.41, 5.74) is 4.76. The van der Waals surface area contributed by atoms with Gasteiger partial charge in [-0.15, -0.1) is 0 Å². The fourth-order valence-corrected chi connectivity index (χ4v) is 4.27. The van der Waals surface area contributed by atoms with E-state index in [1.165, 1.54) is 17.7 Å². The molecule has 7 heteroatoms. The van der Waals surface area contributed by atoms with Crippen LogP contribution in [0.1, 0.15) is 24.1 Å². The molecule has 3 aromatic carbocycles. The number of halogens is 2. The first-order valence-electron chi connectivity index (χ1n) is 10.9. The van der Waals surface area contributed by atoms with Crippen molar-refractivity contribution in [1.82, 2.24) is 14.5 Å². The molecule has 2 aromatic heterocycles. The van der Waals surface area contributed by atoms with Gasteiger partial charge in [0.25, 0.3) is 5.56 Å². The van der Waals surface area contributed by atoms with Gasteiger partial charge < -0.3 is 14.9 Å². The Kier molecular flexibility index (Phi) is 5.90. The zero-order valence-electron chi connectivity index (χ0n) is 18.4. The minimum atomic E-state index is -0.563. The Bertz CT molecular complexity index is 1530. The number of benzene rings is 3. The summed E-state index contributed by atoms with van der Waals surface area (Å²) in [6, 6.07) is 22.4. The molecule has 0 saturated carbocycles. The normalized spacial score (nSPS) is 12.1. The third-order valence-electron chi connectivity index (χ3n) is 5.83. The summed E-state index contributed by atoms with van der Waals surface area (Å²) < 4.78 is 15.9. The minimum Gasteiger partial charge on any atom is -0.378 e. The molecule has 170 valence electrons. The summed E-state index contributed by atoms with van der Waals surface area (Å²) in [7, 11) is 0. The van der Waals surface area contributed by atoms with E-state index in [4.69, 9.17) is 11.6 Å². The zero-order chi connectivity index (χ0) is 23.7. The Hall–Kier alpha value is -3.90. The van der Waals surface area contributed by atoms with Crippen molar-refractivity contribution in [3.8, 4) is 11.3 Å². The third kappa shape index (κ3) is 4.45. The lowest BCUT2D eigenvalue weighted by molar-refractivity contribution is 0.629. The van der Waals surface area contributed by atoms with Crippen molar-refractivity contribution in [3.05, 3.63) is 118 Å². The van der Waals surface area contributed by atoms with E-state index in [0.717, 1.165) is 23.5 Å². The second kappa shape index (κ2) is 9.15. The third-order valence-corrected chi connectivity index (χ3v) is 6.12. The second-order valence-corrected chi connectivity index (χ2v) is 8.65. The number of pyridine rings is 1. The summed E-state index contributed by atoms with van der Waals surface area (Å²) in [5, 5.41) is 4.10. The Morgan fingerprint density at radius 1 is 1.09 bits per heavy atom. The highest BCUT2D eigenvalue weighted by atomic mass is 35.5. The van der Waals surface area contributed by atoms with Gasteiger partial charge in [0, 0.05) is 28.7 Å². The number of rotatable bonds is 6. The van der Waals surface area contributed by atoms with E-state index in [0.29, 0.717) is 16.5 Å².